The average Bonchev–Trinajstić information content (AvgIpc) is 2.98. The molecule has 3 aromatic rings. The van der Waals surface area contributed by atoms with Crippen LogP contribution in [0.15, 0.2) is 75.6 Å². The van der Waals surface area contributed by atoms with Crippen LogP contribution in [0.25, 0.3) is 11.3 Å². The zero-order valence-electron chi connectivity index (χ0n) is 11.3. The van der Waals surface area contributed by atoms with Crippen LogP contribution in [0.5, 0.6) is 0 Å². The molecule has 1 heterocycles. The van der Waals surface area contributed by atoms with Crippen LogP contribution in [0.4, 0.5) is 5.69 Å². The second-order valence-electron chi connectivity index (χ2n) is 4.62. The first-order chi connectivity index (χ1) is 10.3. The Morgan fingerprint density at radius 3 is 2.38 bits per heavy atom. The van der Waals surface area contributed by atoms with Crippen LogP contribution in [0.2, 0.25) is 0 Å². The lowest BCUT2D eigenvalue weighted by atomic mass is 10.2. The van der Waals surface area contributed by atoms with Crippen LogP contribution in [-0.2, 0) is 6.54 Å². The Labute approximate surface area is 132 Å². The standard InChI is InChI=1S/C17H15BrN2O/c18-14-8-6-13(7-9-14)17-11-10-16(21-17)12-19-20-15-4-2-1-3-5-15/h1-11,19-20H,12H2. The van der Waals surface area contributed by atoms with Gasteiger partial charge in [0.25, 0.3) is 0 Å². The van der Waals surface area contributed by atoms with Gasteiger partial charge in [-0.2, -0.15) is 0 Å². The Morgan fingerprint density at radius 2 is 1.62 bits per heavy atom. The lowest BCUT2D eigenvalue weighted by molar-refractivity contribution is 0.506. The van der Waals surface area contributed by atoms with E-state index in [1.807, 2.05) is 66.7 Å². The summed E-state index contributed by atoms with van der Waals surface area (Å²) in [6.45, 7) is 0.616. The first kappa shape index (κ1) is 13.9. The number of hydrazine groups is 1. The smallest absolute Gasteiger partial charge is 0.134 e. The van der Waals surface area contributed by atoms with E-state index >= 15 is 0 Å². The van der Waals surface area contributed by atoms with Gasteiger partial charge in [-0.05, 0) is 36.4 Å². The fraction of sp³-hybridized carbons (Fsp3) is 0.0588. The van der Waals surface area contributed by atoms with Crippen LogP contribution < -0.4 is 10.9 Å². The number of furan rings is 1. The summed E-state index contributed by atoms with van der Waals surface area (Å²) in [6.07, 6.45) is 0. The maximum absolute atomic E-state index is 5.83. The van der Waals surface area contributed by atoms with Crippen LogP contribution in [0, 0.1) is 0 Å². The van der Waals surface area contributed by atoms with E-state index in [2.05, 4.69) is 26.8 Å². The minimum absolute atomic E-state index is 0.616. The Balaban J connectivity index is 1.59. The average molecular weight is 343 g/mol. The molecule has 0 aliphatic rings. The van der Waals surface area contributed by atoms with Crippen molar-refractivity contribution >= 4 is 21.6 Å². The highest BCUT2D eigenvalue weighted by atomic mass is 79.9. The highest BCUT2D eigenvalue weighted by Crippen LogP contribution is 2.23. The largest absolute Gasteiger partial charge is 0.460 e. The van der Waals surface area contributed by atoms with E-state index in [1.54, 1.807) is 0 Å². The molecule has 0 unspecified atom stereocenters. The molecule has 0 saturated carbocycles. The molecule has 0 atom stereocenters. The molecule has 0 radical (unpaired) electrons. The van der Waals surface area contributed by atoms with E-state index < -0.39 is 0 Å². The molecule has 0 aliphatic carbocycles. The van der Waals surface area contributed by atoms with Gasteiger partial charge in [0.15, 0.2) is 0 Å². The first-order valence-electron chi connectivity index (χ1n) is 6.70. The maximum Gasteiger partial charge on any atom is 0.134 e. The molecule has 106 valence electrons. The lowest BCUT2D eigenvalue weighted by Gasteiger charge is -2.06. The molecule has 2 N–H and O–H groups in total. The van der Waals surface area contributed by atoms with Crippen molar-refractivity contribution in [2.45, 2.75) is 6.54 Å². The summed E-state index contributed by atoms with van der Waals surface area (Å²) in [5.41, 5.74) is 8.37. The van der Waals surface area contributed by atoms with Crippen LogP contribution in [0.3, 0.4) is 0 Å². The fourth-order valence-electron chi connectivity index (χ4n) is 2.00. The van der Waals surface area contributed by atoms with E-state index in [0.717, 1.165) is 27.2 Å². The molecule has 2 aromatic carbocycles. The van der Waals surface area contributed by atoms with Gasteiger partial charge in [-0.3, -0.25) is 0 Å². The van der Waals surface area contributed by atoms with Crippen molar-refractivity contribution in [1.82, 2.24) is 5.43 Å². The van der Waals surface area contributed by atoms with Gasteiger partial charge in [0, 0.05) is 15.7 Å². The fourth-order valence-corrected chi connectivity index (χ4v) is 2.26. The molecular weight excluding hydrogens is 328 g/mol. The molecule has 3 rings (SSSR count). The summed E-state index contributed by atoms with van der Waals surface area (Å²) in [5, 5.41) is 0. The number of nitrogens with one attached hydrogen (secondary N) is 2. The lowest BCUT2D eigenvalue weighted by Crippen LogP contribution is -2.20. The molecule has 0 spiro atoms. The number of anilines is 1. The van der Waals surface area contributed by atoms with Gasteiger partial charge in [-0.15, -0.1) is 0 Å². The first-order valence-corrected chi connectivity index (χ1v) is 7.49. The molecule has 0 amide bonds. The van der Waals surface area contributed by atoms with Gasteiger partial charge >= 0.3 is 0 Å². The Kier molecular flexibility index (Phi) is 4.38. The summed E-state index contributed by atoms with van der Waals surface area (Å²) in [6, 6.07) is 22.0. The molecule has 0 saturated heterocycles. The van der Waals surface area contributed by atoms with E-state index in [4.69, 9.17) is 4.42 Å². The Bertz CT molecular complexity index is 692. The second kappa shape index (κ2) is 6.61. The van der Waals surface area contributed by atoms with E-state index in [1.165, 1.54) is 0 Å². The monoisotopic (exact) mass is 342 g/mol. The number of para-hydroxylation sites is 1. The molecule has 0 fully saturated rings. The van der Waals surface area contributed by atoms with Crippen molar-refractivity contribution in [1.29, 1.82) is 0 Å². The normalized spacial score (nSPS) is 10.5. The van der Waals surface area contributed by atoms with Crippen molar-refractivity contribution in [3.8, 4) is 11.3 Å². The van der Waals surface area contributed by atoms with Crippen molar-refractivity contribution in [3.05, 3.63) is 77.0 Å². The summed E-state index contributed by atoms with van der Waals surface area (Å²) in [4.78, 5) is 0. The predicted molar refractivity (Wildman–Crippen MR) is 88.7 cm³/mol. The number of halogens is 1. The Morgan fingerprint density at radius 1 is 0.857 bits per heavy atom. The quantitative estimate of drug-likeness (QED) is 0.652. The number of hydrogen-bond acceptors (Lipinski definition) is 3. The van der Waals surface area contributed by atoms with Crippen molar-refractivity contribution in [2.75, 3.05) is 5.43 Å². The highest BCUT2D eigenvalue weighted by Gasteiger charge is 2.04. The summed E-state index contributed by atoms with van der Waals surface area (Å²) in [5.74, 6) is 1.76. The summed E-state index contributed by atoms with van der Waals surface area (Å²) >= 11 is 3.43. The minimum Gasteiger partial charge on any atom is -0.460 e. The molecule has 0 aliphatic heterocycles. The van der Waals surface area contributed by atoms with Crippen LogP contribution in [-0.4, -0.2) is 0 Å². The summed E-state index contributed by atoms with van der Waals surface area (Å²) in [7, 11) is 0. The van der Waals surface area contributed by atoms with Gasteiger partial charge in [0.1, 0.15) is 11.5 Å². The third kappa shape index (κ3) is 3.74. The maximum atomic E-state index is 5.83. The van der Waals surface area contributed by atoms with Crippen molar-refractivity contribution in [2.24, 2.45) is 0 Å². The van der Waals surface area contributed by atoms with Crippen LogP contribution in [0.1, 0.15) is 5.76 Å². The van der Waals surface area contributed by atoms with Crippen molar-refractivity contribution in [3.63, 3.8) is 0 Å². The topological polar surface area (TPSA) is 37.2 Å². The predicted octanol–water partition coefficient (Wildman–Crippen LogP) is 4.83. The molecular formula is C17H15BrN2O. The number of hydrogen-bond donors (Lipinski definition) is 2. The van der Waals surface area contributed by atoms with Crippen molar-refractivity contribution < 1.29 is 4.42 Å². The molecule has 21 heavy (non-hydrogen) atoms. The van der Waals surface area contributed by atoms with Gasteiger partial charge in [-0.1, -0.05) is 46.3 Å². The van der Waals surface area contributed by atoms with E-state index in [0.29, 0.717) is 6.54 Å². The van der Waals surface area contributed by atoms with Gasteiger partial charge in [-0.25, -0.2) is 5.43 Å². The molecule has 1 aromatic heterocycles. The molecule has 0 bridgehead atoms. The Hall–Kier alpha value is -2.04. The number of benzene rings is 2. The van der Waals surface area contributed by atoms with E-state index in [9.17, 15) is 0 Å². The second-order valence-corrected chi connectivity index (χ2v) is 5.53. The zero-order valence-corrected chi connectivity index (χ0v) is 12.9. The zero-order chi connectivity index (χ0) is 14.5. The van der Waals surface area contributed by atoms with Gasteiger partial charge < -0.3 is 9.84 Å². The molecule has 3 nitrogen and oxygen atoms in total. The highest BCUT2D eigenvalue weighted by molar-refractivity contribution is 9.10. The third-order valence-corrected chi connectivity index (χ3v) is 3.59. The molecule has 4 heteroatoms. The number of rotatable bonds is 5. The minimum atomic E-state index is 0.616. The van der Waals surface area contributed by atoms with Gasteiger partial charge in [0.2, 0.25) is 0 Å². The third-order valence-electron chi connectivity index (χ3n) is 3.06. The van der Waals surface area contributed by atoms with E-state index in [-0.39, 0.29) is 0 Å². The summed E-state index contributed by atoms with van der Waals surface area (Å²) < 4.78 is 6.89. The SMILES string of the molecule is Brc1ccc(-c2ccc(CNNc3ccccc3)o2)cc1. The van der Waals surface area contributed by atoms with Crippen LogP contribution >= 0.6 is 15.9 Å². The van der Waals surface area contributed by atoms with Gasteiger partial charge in [0.05, 0.1) is 6.54 Å².